The SMILES string of the molecule is CN=C(NCC1(c2ccc(F)cc2)CC1)N1CCCC(CC(N)=O)C1. The highest BCUT2D eigenvalue weighted by molar-refractivity contribution is 5.80. The number of guanidine groups is 1. The van der Waals surface area contributed by atoms with Gasteiger partial charge in [-0.1, -0.05) is 12.1 Å². The van der Waals surface area contributed by atoms with E-state index in [0.717, 1.165) is 51.3 Å². The number of nitrogens with one attached hydrogen (secondary N) is 1. The van der Waals surface area contributed by atoms with Crippen LogP contribution in [0.1, 0.15) is 37.7 Å². The molecule has 1 unspecified atom stereocenters. The lowest BCUT2D eigenvalue weighted by Gasteiger charge is -2.35. The van der Waals surface area contributed by atoms with Crippen LogP contribution >= 0.6 is 0 Å². The number of rotatable bonds is 5. The molecule has 25 heavy (non-hydrogen) atoms. The third-order valence-corrected chi connectivity index (χ3v) is 5.42. The number of carbonyl (C=O) groups excluding carboxylic acids is 1. The largest absolute Gasteiger partial charge is 0.370 e. The molecule has 1 aliphatic heterocycles. The molecule has 1 aromatic rings. The minimum Gasteiger partial charge on any atom is -0.370 e. The molecule has 0 bridgehead atoms. The third kappa shape index (κ3) is 4.30. The highest BCUT2D eigenvalue weighted by atomic mass is 19.1. The molecule has 0 aromatic heterocycles. The molecule has 1 amide bonds. The molecule has 0 radical (unpaired) electrons. The van der Waals surface area contributed by atoms with E-state index in [1.165, 1.54) is 17.7 Å². The first kappa shape index (κ1) is 17.7. The van der Waals surface area contributed by atoms with E-state index in [0.29, 0.717) is 12.3 Å². The van der Waals surface area contributed by atoms with Gasteiger partial charge in [0.1, 0.15) is 5.82 Å². The predicted molar refractivity (Wildman–Crippen MR) is 96.8 cm³/mol. The first-order valence-electron chi connectivity index (χ1n) is 9.02. The maximum atomic E-state index is 13.2. The van der Waals surface area contributed by atoms with E-state index in [2.05, 4.69) is 15.2 Å². The normalized spacial score (nSPS) is 22.6. The Morgan fingerprint density at radius 1 is 1.40 bits per heavy atom. The van der Waals surface area contributed by atoms with Gasteiger partial charge in [0, 0.05) is 38.5 Å². The molecule has 2 aliphatic rings. The minimum absolute atomic E-state index is 0.0893. The van der Waals surface area contributed by atoms with Gasteiger partial charge in [0.15, 0.2) is 5.96 Å². The summed E-state index contributed by atoms with van der Waals surface area (Å²) in [6.45, 7) is 2.55. The molecule has 6 heteroatoms. The van der Waals surface area contributed by atoms with E-state index in [9.17, 15) is 9.18 Å². The quantitative estimate of drug-likeness (QED) is 0.633. The van der Waals surface area contributed by atoms with Gasteiger partial charge >= 0.3 is 0 Å². The van der Waals surface area contributed by atoms with E-state index in [-0.39, 0.29) is 17.1 Å². The number of benzene rings is 1. The van der Waals surface area contributed by atoms with Crippen molar-refractivity contribution in [2.24, 2.45) is 16.6 Å². The molecule has 5 nitrogen and oxygen atoms in total. The maximum Gasteiger partial charge on any atom is 0.217 e. The van der Waals surface area contributed by atoms with Gasteiger partial charge in [-0.15, -0.1) is 0 Å². The molecule has 136 valence electrons. The summed E-state index contributed by atoms with van der Waals surface area (Å²) < 4.78 is 13.2. The zero-order valence-corrected chi connectivity index (χ0v) is 14.8. The van der Waals surface area contributed by atoms with Gasteiger partial charge in [-0.25, -0.2) is 4.39 Å². The number of nitrogens with zero attached hydrogens (tertiary/aromatic N) is 2. The number of nitrogens with two attached hydrogens (primary N) is 1. The monoisotopic (exact) mass is 346 g/mol. The van der Waals surface area contributed by atoms with E-state index in [4.69, 9.17) is 5.73 Å². The van der Waals surface area contributed by atoms with Crippen molar-refractivity contribution in [1.29, 1.82) is 0 Å². The summed E-state index contributed by atoms with van der Waals surface area (Å²) in [6, 6.07) is 6.83. The van der Waals surface area contributed by atoms with Crippen molar-refractivity contribution in [2.45, 2.75) is 37.5 Å². The Labute approximate surface area is 148 Å². The van der Waals surface area contributed by atoms with Gasteiger partial charge in [0.05, 0.1) is 0 Å². The van der Waals surface area contributed by atoms with Crippen LogP contribution < -0.4 is 11.1 Å². The molecule has 1 aromatic carbocycles. The molecule has 1 atom stereocenters. The van der Waals surface area contributed by atoms with Crippen molar-refractivity contribution in [3.8, 4) is 0 Å². The molecule has 1 heterocycles. The van der Waals surface area contributed by atoms with Crippen LogP contribution in [0, 0.1) is 11.7 Å². The second kappa shape index (κ2) is 7.42. The highest BCUT2D eigenvalue weighted by Crippen LogP contribution is 2.47. The molecule has 1 aliphatic carbocycles. The molecule has 1 saturated heterocycles. The Morgan fingerprint density at radius 2 is 2.12 bits per heavy atom. The number of primary amides is 1. The van der Waals surface area contributed by atoms with Crippen molar-refractivity contribution < 1.29 is 9.18 Å². The number of hydrogen-bond donors (Lipinski definition) is 2. The number of halogens is 1. The zero-order valence-electron chi connectivity index (χ0n) is 14.8. The van der Waals surface area contributed by atoms with Gasteiger partial charge in [0.25, 0.3) is 0 Å². The van der Waals surface area contributed by atoms with Gasteiger partial charge in [-0.3, -0.25) is 9.79 Å². The number of amides is 1. The topological polar surface area (TPSA) is 70.7 Å². The minimum atomic E-state index is -0.233. The number of carbonyl (C=O) groups is 1. The molecule has 1 saturated carbocycles. The average molecular weight is 346 g/mol. The van der Waals surface area contributed by atoms with Crippen molar-refractivity contribution in [3.63, 3.8) is 0 Å². The Kier molecular flexibility index (Phi) is 5.25. The fourth-order valence-electron chi connectivity index (χ4n) is 3.81. The lowest BCUT2D eigenvalue weighted by molar-refractivity contribution is -0.119. The summed E-state index contributed by atoms with van der Waals surface area (Å²) >= 11 is 0. The molecular formula is C19H27FN4O. The lowest BCUT2D eigenvalue weighted by atomic mass is 9.94. The Hall–Kier alpha value is -2.11. The van der Waals surface area contributed by atoms with Crippen LogP contribution in [0.5, 0.6) is 0 Å². The summed E-state index contributed by atoms with van der Waals surface area (Å²) in [4.78, 5) is 17.8. The summed E-state index contributed by atoms with van der Waals surface area (Å²) in [5.74, 6) is 0.750. The van der Waals surface area contributed by atoms with Gasteiger partial charge in [-0.05, 0) is 49.3 Å². The van der Waals surface area contributed by atoms with E-state index < -0.39 is 0 Å². The van der Waals surface area contributed by atoms with Crippen molar-refractivity contribution >= 4 is 11.9 Å². The summed E-state index contributed by atoms with van der Waals surface area (Å²) in [7, 11) is 1.79. The molecule has 3 rings (SSSR count). The van der Waals surface area contributed by atoms with E-state index in [1.807, 2.05) is 12.1 Å². The predicted octanol–water partition coefficient (Wildman–Crippen LogP) is 2.02. The first-order valence-corrected chi connectivity index (χ1v) is 9.02. The third-order valence-electron chi connectivity index (χ3n) is 5.42. The van der Waals surface area contributed by atoms with Gasteiger partial charge < -0.3 is 16.0 Å². The molecule has 2 fully saturated rings. The lowest BCUT2D eigenvalue weighted by Crippen LogP contribution is -2.48. The van der Waals surface area contributed by atoms with Gasteiger partial charge in [-0.2, -0.15) is 0 Å². The highest BCUT2D eigenvalue weighted by Gasteiger charge is 2.44. The Balaban J connectivity index is 1.59. The first-order chi connectivity index (χ1) is 12.0. The average Bonchev–Trinajstić information content (AvgIpc) is 3.37. The van der Waals surface area contributed by atoms with Crippen molar-refractivity contribution in [1.82, 2.24) is 10.2 Å². The molecule has 0 spiro atoms. The molecular weight excluding hydrogens is 319 g/mol. The van der Waals surface area contributed by atoms with Crippen LogP contribution in [0.2, 0.25) is 0 Å². The van der Waals surface area contributed by atoms with Crippen LogP contribution in [0.15, 0.2) is 29.3 Å². The van der Waals surface area contributed by atoms with E-state index >= 15 is 0 Å². The van der Waals surface area contributed by atoms with Crippen LogP contribution in [0.25, 0.3) is 0 Å². The van der Waals surface area contributed by atoms with Gasteiger partial charge in [0.2, 0.25) is 5.91 Å². The Bertz CT molecular complexity index is 639. The van der Waals surface area contributed by atoms with Crippen LogP contribution in [0.3, 0.4) is 0 Å². The number of piperidine rings is 1. The van der Waals surface area contributed by atoms with Crippen molar-refractivity contribution in [2.75, 3.05) is 26.7 Å². The van der Waals surface area contributed by atoms with E-state index in [1.54, 1.807) is 7.05 Å². The summed E-state index contributed by atoms with van der Waals surface area (Å²) in [5.41, 5.74) is 6.62. The smallest absolute Gasteiger partial charge is 0.217 e. The summed E-state index contributed by atoms with van der Waals surface area (Å²) in [6.07, 6.45) is 4.73. The zero-order chi connectivity index (χ0) is 17.9. The Morgan fingerprint density at radius 3 is 2.72 bits per heavy atom. The number of aliphatic imine (C=N–C) groups is 1. The van der Waals surface area contributed by atoms with Crippen LogP contribution in [-0.4, -0.2) is 43.4 Å². The fraction of sp³-hybridized carbons (Fsp3) is 0.579. The van der Waals surface area contributed by atoms with Crippen LogP contribution in [0.4, 0.5) is 4.39 Å². The fourth-order valence-corrected chi connectivity index (χ4v) is 3.81. The standard InChI is InChI=1S/C19H27FN4O/c1-22-18(24-10-2-3-14(12-24)11-17(21)25)23-13-19(8-9-19)15-4-6-16(20)7-5-15/h4-7,14H,2-3,8-13H2,1H3,(H2,21,25)(H,22,23). The number of hydrogen-bond acceptors (Lipinski definition) is 2. The molecule has 3 N–H and O–H groups in total. The van der Waals surface area contributed by atoms with Crippen LogP contribution in [-0.2, 0) is 10.2 Å². The van der Waals surface area contributed by atoms with Crippen molar-refractivity contribution in [3.05, 3.63) is 35.6 Å². The maximum absolute atomic E-state index is 13.2. The second-order valence-corrected chi connectivity index (χ2v) is 7.31. The number of likely N-dealkylation sites (tertiary alicyclic amines) is 1. The second-order valence-electron chi connectivity index (χ2n) is 7.31. The summed E-state index contributed by atoms with van der Waals surface area (Å²) in [5, 5.41) is 3.49.